The first kappa shape index (κ1) is 16.1. The summed E-state index contributed by atoms with van der Waals surface area (Å²) in [5.74, 6) is 0.415. The summed E-state index contributed by atoms with van der Waals surface area (Å²) in [5.41, 5.74) is 1.36. The lowest BCUT2D eigenvalue weighted by atomic mass is 9.88. The largest absolute Gasteiger partial charge is 0.376 e. The van der Waals surface area contributed by atoms with Gasteiger partial charge in [-0.05, 0) is 44.1 Å². The molecule has 3 aliphatic heterocycles. The van der Waals surface area contributed by atoms with Crippen LogP contribution in [-0.2, 0) is 20.7 Å². The molecule has 4 heteroatoms. The highest BCUT2D eigenvalue weighted by molar-refractivity contribution is 5.80. The minimum Gasteiger partial charge on any atom is -0.376 e. The Morgan fingerprint density at radius 3 is 2.83 bits per heavy atom. The molecule has 4 nitrogen and oxygen atoms in total. The van der Waals surface area contributed by atoms with Gasteiger partial charge in [-0.25, -0.2) is 0 Å². The first-order valence-corrected chi connectivity index (χ1v) is 9.39. The van der Waals surface area contributed by atoms with E-state index in [-0.39, 0.29) is 18.1 Å². The monoisotopic (exact) mass is 329 g/mol. The molecule has 4 rings (SSSR count). The average molecular weight is 329 g/mol. The van der Waals surface area contributed by atoms with Gasteiger partial charge in [0.25, 0.3) is 0 Å². The fourth-order valence-electron chi connectivity index (χ4n) is 4.37. The van der Waals surface area contributed by atoms with Crippen molar-refractivity contribution < 1.29 is 14.3 Å². The van der Waals surface area contributed by atoms with Gasteiger partial charge in [0.15, 0.2) is 0 Å². The van der Waals surface area contributed by atoms with E-state index >= 15 is 0 Å². The lowest BCUT2D eigenvalue weighted by Gasteiger charge is -2.24. The maximum atomic E-state index is 12.7. The van der Waals surface area contributed by atoms with Crippen molar-refractivity contribution in [2.45, 2.75) is 56.8 Å². The third kappa shape index (κ3) is 3.50. The average Bonchev–Trinajstić information content (AvgIpc) is 3.35. The fourth-order valence-corrected chi connectivity index (χ4v) is 4.37. The van der Waals surface area contributed by atoms with Crippen LogP contribution in [-0.4, -0.2) is 48.8 Å². The summed E-state index contributed by atoms with van der Waals surface area (Å²) in [4.78, 5) is 14.7. The molecule has 0 N–H and O–H groups in total. The zero-order valence-corrected chi connectivity index (χ0v) is 14.2. The molecule has 3 fully saturated rings. The summed E-state index contributed by atoms with van der Waals surface area (Å²) in [6.07, 6.45) is 6.94. The van der Waals surface area contributed by atoms with E-state index in [0.717, 1.165) is 58.2 Å². The second kappa shape index (κ2) is 7.24. The van der Waals surface area contributed by atoms with Crippen molar-refractivity contribution in [2.75, 3.05) is 19.7 Å². The van der Waals surface area contributed by atoms with Gasteiger partial charge in [-0.15, -0.1) is 0 Å². The van der Waals surface area contributed by atoms with Gasteiger partial charge in [-0.2, -0.15) is 0 Å². The number of carbonyl (C=O) groups excluding carboxylic acids is 1. The Labute approximate surface area is 144 Å². The molecule has 24 heavy (non-hydrogen) atoms. The molecule has 3 heterocycles. The molecule has 2 bridgehead atoms. The number of ether oxygens (including phenoxy) is 2. The molecule has 4 unspecified atom stereocenters. The molecule has 0 aromatic heterocycles. The summed E-state index contributed by atoms with van der Waals surface area (Å²) in [6.45, 7) is 2.38. The van der Waals surface area contributed by atoms with Crippen LogP contribution in [0.1, 0.15) is 37.7 Å². The maximum Gasteiger partial charge on any atom is 0.228 e. The Kier molecular flexibility index (Phi) is 4.86. The molecule has 3 saturated heterocycles. The summed E-state index contributed by atoms with van der Waals surface area (Å²) in [5, 5.41) is 0. The normalized spacial score (nSPS) is 31.8. The number of hydrogen-bond donors (Lipinski definition) is 0. The van der Waals surface area contributed by atoms with Crippen LogP contribution < -0.4 is 0 Å². The minimum absolute atomic E-state index is 0.112. The first-order valence-electron chi connectivity index (χ1n) is 9.39. The lowest BCUT2D eigenvalue weighted by molar-refractivity contribution is -0.136. The number of nitrogens with zero attached hydrogens (tertiary/aromatic N) is 1. The van der Waals surface area contributed by atoms with E-state index in [1.54, 1.807) is 0 Å². The molecule has 4 atom stereocenters. The van der Waals surface area contributed by atoms with Crippen molar-refractivity contribution in [3.63, 3.8) is 0 Å². The van der Waals surface area contributed by atoms with Crippen LogP contribution in [0.15, 0.2) is 30.3 Å². The van der Waals surface area contributed by atoms with Crippen LogP contribution in [0.5, 0.6) is 0 Å². The quantitative estimate of drug-likeness (QED) is 0.753. The molecule has 3 aliphatic rings. The van der Waals surface area contributed by atoms with Crippen LogP contribution in [0.25, 0.3) is 0 Å². The van der Waals surface area contributed by atoms with E-state index in [9.17, 15) is 4.79 Å². The van der Waals surface area contributed by atoms with Crippen molar-refractivity contribution in [1.82, 2.24) is 4.90 Å². The minimum atomic E-state index is 0.112. The zero-order valence-electron chi connectivity index (χ0n) is 14.2. The van der Waals surface area contributed by atoms with Crippen molar-refractivity contribution in [1.29, 1.82) is 0 Å². The Morgan fingerprint density at radius 2 is 2.08 bits per heavy atom. The summed E-state index contributed by atoms with van der Waals surface area (Å²) in [7, 11) is 0. The molecule has 1 aromatic rings. The molecular weight excluding hydrogens is 302 g/mol. The second-order valence-corrected chi connectivity index (χ2v) is 7.37. The number of likely N-dealkylation sites (tertiary alicyclic amines) is 1. The van der Waals surface area contributed by atoms with E-state index < -0.39 is 0 Å². The highest BCUT2D eigenvalue weighted by Crippen LogP contribution is 2.40. The smallest absolute Gasteiger partial charge is 0.228 e. The van der Waals surface area contributed by atoms with E-state index in [2.05, 4.69) is 24.3 Å². The second-order valence-electron chi connectivity index (χ2n) is 7.37. The first-order chi connectivity index (χ1) is 11.8. The molecule has 0 radical (unpaired) electrons. The molecule has 1 aromatic carbocycles. The molecule has 130 valence electrons. The molecular formula is C20H27NO3. The molecule has 0 aliphatic carbocycles. The van der Waals surface area contributed by atoms with Crippen LogP contribution in [0, 0.1) is 5.92 Å². The molecule has 1 amide bonds. The number of benzene rings is 1. The van der Waals surface area contributed by atoms with Gasteiger partial charge in [0, 0.05) is 19.7 Å². The van der Waals surface area contributed by atoms with E-state index in [1.807, 2.05) is 11.0 Å². The van der Waals surface area contributed by atoms with Crippen molar-refractivity contribution in [3.8, 4) is 0 Å². The summed E-state index contributed by atoms with van der Waals surface area (Å²) < 4.78 is 11.8. The SMILES string of the molecule is O=C(C1CC2CCC1O2)N1CCC(OCCCc2ccccc2)C1. The highest BCUT2D eigenvalue weighted by Gasteiger charge is 2.46. The molecule has 0 spiro atoms. The predicted octanol–water partition coefficient (Wildman–Crippen LogP) is 2.80. The number of fused-ring (bicyclic) bond motifs is 2. The zero-order chi connectivity index (χ0) is 16.4. The van der Waals surface area contributed by atoms with Gasteiger partial charge >= 0.3 is 0 Å². The predicted molar refractivity (Wildman–Crippen MR) is 91.7 cm³/mol. The third-order valence-corrected chi connectivity index (χ3v) is 5.69. The Balaban J connectivity index is 1.17. The standard InChI is InChI=1S/C20H27NO3/c22-20(18-13-16-8-9-19(18)24-16)21-11-10-17(14-21)23-12-4-7-15-5-2-1-3-6-15/h1-3,5-6,16-19H,4,7-14H2. The van der Waals surface area contributed by atoms with E-state index in [4.69, 9.17) is 9.47 Å². The van der Waals surface area contributed by atoms with Gasteiger partial charge < -0.3 is 14.4 Å². The van der Waals surface area contributed by atoms with Gasteiger partial charge in [-0.1, -0.05) is 30.3 Å². The van der Waals surface area contributed by atoms with Gasteiger partial charge in [0.05, 0.1) is 24.2 Å². The van der Waals surface area contributed by atoms with E-state index in [0.29, 0.717) is 12.0 Å². The topological polar surface area (TPSA) is 38.8 Å². The summed E-state index contributed by atoms with van der Waals surface area (Å²) in [6, 6.07) is 10.5. The van der Waals surface area contributed by atoms with Crippen LogP contribution in [0.4, 0.5) is 0 Å². The third-order valence-electron chi connectivity index (χ3n) is 5.69. The van der Waals surface area contributed by atoms with Crippen molar-refractivity contribution in [2.24, 2.45) is 5.92 Å². The Morgan fingerprint density at radius 1 is 1.21 bits per heavy atom. The van der Waals surface area contributed by atoms with Crippen LogP contribution in [0.3, 0.4) is 0 Å². The lowest BCUT2D eigenvalue weighted by Crippen LogP contribution is -2.39. The number of rotatable bonds is 6. The number of carbonyl (C=O) groups is 1. The van der Waals surface area contributed by atoms with Crippen LogP contribution in [0.2, 0.25) is 0 Å². The number of amides is 1. The Hall–Kier alpha value is -1.39. The van der Waals surface area contributed by atoms with Gasteiger partial charge in [0.1, 0.15) is 0 Å². The number of aryl methyl sites for hydroxylation is 1. The number of hydrogen-bond acceptors (Lipinski definition) is 3. The maximum absolute atomic E-state index is 12.7. The van der Waals surface area contributed by atoms with E-state index in [1.165, 1.54) is 5.56 Å². The van der Waals surface area contributed by atoms with Gasteiger partial charge in [0.2, 0.25) is 5.91 Å². The Bertz CT molecular complexity index is 561. The van der Waals surface area contributed by atoms with Crippen LogP contribution >= 0.6 is 0 Å². The fraction of sp³-hybridized carbons (Fsp3) is 0.650. The van der Waals surface area contributed by atoms with Gasteiger partial charge in [-0.3, -0.25) is 4.79 Å². The highest BCUT2D eigenvalue weighted by atomic mass is 16.5. The molecule has 0 saturated carbocycles. The summed E-state index contributed by atoms with van der Waals surface area (Å²) >= 11 is 0. The van der Waals surface area contributed by atoms with Crippen molar-refractivity contribution in [3.05, 3.63) is 35.9 Å². The van der Waals surface area contributed by atoms with Crippen molar-refractivity contribution >= 4 is 5.91 Å².